The predicted molar refractivity (Wildman–Crippen MR) is 76.4 cm³/mol. The van der Waals surface area contributed by atoms with Crippen molar-refractivity contribution in [3.05, 3.63) is 35.9 Å². The molecule has 0 aliphatic heterocycles. The second-order valence-corrected chi connectivity index (χ2v) is 4.99. The molecule has 0 fully saturated rings. The zero-order chi connectivity index (χ0) is 12.7. The Morgan fingerprint density at radius 1 is 0.941 bits per heavy atom. The summed E-state index contributed by atoms with van der Waals surface area (Å²) in [7, 11) is 0. The Hall–Kier alpha value is -0.820. The number of nitrogens with zero attached hydrogens (tertiary/aromatic N) is 1. The van der Waals surface area contributed by atoms with Gasteiger partial charge in [-0.25, -0.2) is 0 Å². The lowest BCUT2D eigenvalue weighted by atomic mass is 10.1. The minimum atomic E-state index is 0.689. The minimum absolute atomic E-state index is 0.689. The van der Waals surface area contributed by atoms with E-state index in [1.54, 1.807) is 0 Å². The van der Waals surface area contributed by atoms with Crippen LogP contribution in [0.3, 0.4) is 0 Å². The summed E-state index contributed by atoms with van der Waals surface area (Å²) in [6.07, 6.45) is 3.63. The first-order valence-corrected chi connectivity index (χ1v) is 6.98. The lowest BCUT2D eigenvalue weighted by Gasteiger charge is -2.33. The molecule has 1 nitrogen and oxygen atoms in total. The molecular weight excluding hydrogens is 206 g/mol. The molecule has 0 bridgehead atoms. The molecular formula is C16H27N. The van der Waals surface area contributed by atoms with Gasteiger partial charge in [0.15, 0.2) is 0 Å². The summed E-state index contributed by atoms with van der Waals surface area (Å²) in [5, 5.41) is 0. The molecule has 2 unspecified atom stereocenters. The maximum absolute atomic E-state index is 2.65. The van der Waals surface area contributed by atoms with Gasteiger partial charge < -0.3 is 0 Å². The third kappa shape index (κ3) is 4.51. The lowest BCUT2D eigenvalue weighted by molar-refractivity contribution is 0.148. The quantitative estimate of drug-likeness (QED) is 0.684. The van der Waals surface area contributed by atoms with Crippen molar-refractivity contribution in [2.75, 3.05) is 6.54 Å². The fourth-order valence-corrected chi connectivity index (χ4v) is 2.25. The average molecular weight is 233 g/mol. The van der Waals surface area contributed by atoms with Crippen molar-refractivity contribution in [3.8, 4) is 0 Å². The number of benzene rings is 1. The first-order valence-electron chi connectivity index (χ1n) is 6.98. The zero-order valence-corrected chi connectivity index (χ0v) is 11.8. The molecule has 0 amide bonds. The topological polar surface area (TPSA) is 3.24 Å². The van der Waals surface area contributed by atoms with Crippen molar-refractivity contribution in [2.45, 2.75) is 59.0 Å². The van der Waals surface area contributed by atoms with Crippen LogP contribution < -0.4 is 0 Å². The van der Waals surface area contributed by atoms with Gasteiger partial charge in [0.25, 0.3) is 0 Å². The standard InChI is InChI=1S/C16H27N/c1-5-14(3)17(15(4)6-2)13-12-16-10-8-7-9-11-16/h7-11,14-15H,5-6,12-13H2,1-4H3. The Balaban J connectivity index is 2.55. The highest BCUT2D eigenvalue weighted by Crippen LogP contribution is 2.13. The molecule has 1 aromatic rings. The summed E-state index contributed by atoms with van der Waals surface area (Å²) in [4.78, 5) is 2.65. The van der Waals surface area contributed by atoms with E-state index in [-0.39, 0.29) is 0 Å². The molecule has 0 N–H and O–H groups in total. The fourth-order valence-electron chi connectivity index (χ4n) is 2.25. The molecule has 0 aromatic heterocycles. The molecule has 0 spiro atoms. The van der Waals surface area contributed by atoms with Crippen LogP contribution in [0.5, 0.6) is 0 Å². The van der Waals surface area contributed by atoms with Gasteiger partial charge in [-0.05, 0) is 38.7 Å². The summed E-state index contributed by atoms with van der Waals surface area (Å²) in [6, 6.07) is 12.2. The van der Waals surface area contributed by atoms with E-state index in [1.807, 2.05) is 0 Å². The third-order valence-corrected chi connectivity index (χ3v) is 3.82. The van der Waals surface area contributed by atoms with Gasteiger partial charge in [-0.15, -0.1) is 0 Å². The Bertz CT molecular complexity index is 284. The molecule has 0 aliphatic carbocycles. The Kier molecular flexibility index (Phi) is 6.28. The molecule has 1 heteroatoms. The van der Waals surface area contributed by atoms with Crippen LogP contribution in [-0.2, 0) is 6.42 Å². The van der Waals surface area contributed by atoms with E-state index in [9.17, 15) is 0 Å². The molecule has 0 saturated carbocycles. The Morgan fingerprint density at radius 2 is 1.47 bits per heavy atom. The normalized spacial score (nSPS) is 14.9. The van der Waals surface area contributed by atoms with Crippen molar-refractivity contribution in [2.24, 2.45) is 0 Å². The molecule has 0 saturated heterocycles. The molecule has 0 radical (unpaired) electrons. The number of hydrogen-bond acceptors (Lipinski definition) is 1. The number of hydrogen-bond donors (Lipinski definition) is 0. The van der Waals surface area contributed by atoms with Crippen LogP contribution in [0.1, 0.15) is 46.1 Å². The zero-order valence-electron chi connectivity index (χ0n) is 11.8. The maximum Gasteiger partial charge on any atom is 0.00672 e. The highest BCUT2D eigenvalue weighted by atomic mass is 15.2. The number of rotatable bonds is 7. The molecule has 2 atom stereocenters. The van der Waals surface area contributed by atoms with Crippen LogP contribution in [0.4, 0.5) is 0 Å². The van der Waals surface area contributed by atoms with E-state index in [0.29, 0.717) is 12.1 Å². The van der Waals surface area contributed by atoms with E-state index in [2.05, 4.69) is 62.9 Å². The van der Waals surface area contributed by atoms with Gasteiger partial charge in [0.2, 0.25) is 0 Å². The molecule has 0 aliphatic rings. The highest BCUT2D eigenvalue weighted by Gasteiger charge is 2.16. The Labute approximate surface area is 107 Å². The van der Waals surface area contributed by atoms with E-state index in [1.165, 1.54) is 24.9 Å². The SMILES string of the molecule is CCC(C)N(CCc1ccccc1)C(C)CC. The largest absolute Gasteiger partial charge is 0.298 e. The van der Waals surface area contributed by atoms with Crippen LogP contribution in [0, 0.1) is 0 Å². The van der Waals surface area contributed by atoms with Gasteiger partial charge in [-0.1, -0.05) is 44.2 Å². The van der Waals surface area contributed by atoms with Crippen LogP contribution >= 0.6 is 0 Å². The molecule has 17 heavy (non-hydrogen) atoms. The summed E-state index contributed by atoms with van der Waals surface area (Å²) < 4.78 is 0. The van der Waals surface area contributed by atoms with E-state index in [4.69, 9.17) is 0 Å². The second kappa shape index (κ2) is 7.50. The second-order valence-electron chi connectivity index (χ2n) is 4.99. The fraction of sp³-hybridized carbons (Fsp3) is 0.625. The van der Waals surface area contributed by atoms with Crippen LogP contribution in [-0.4, -0.2) is 23.5 Å². The van der Waals surface area contributed by atoms with Crippen molar-refractivity contribution < 1.29 is 0 Å². The summed E-state index contributed by atoms with van der Waals surface area (Å²) >= 11 is 0. The highest BCUT2D eigenvalue weighted by molar-refractivity contribution is 5.14. The molecule has 1 aromatic carbocycles. The Morgan fingerprint density at radius 3 is 1.94 bits per heavy atom. The maximum atomic E-state index is 2.65. The van der Waals surface area contributed by atoms with Gasteiger partial charge >= 0.3 is 0 Å². The third-order valence-electron chi connectivity index (χ3n) is 3.82. The smallest absolute Gasteiger partial charge is 0.00672 e. The summed E-state index contributed by atoms with van der Waals surface area (Å²) in [5.74, 6) is 0. The monoisotopic (exact) mass is 233 g/mol. The van der Waals surface area contributed by atoms with Gasteiger partial charge in [0.1, 0.15) is 0 Å². The summed E-state index contributed by atoms with van der Waals surface area (Å²) in [6.45, 7) is 10.4. The first-order chi connectivity index (χ1) is 8.19. The molecule has 0 heterocycles. The van der Waals surface area contributed by atoms with Crippen molar-refractivity contribution in [1.29, 1.82) is 0 Å². The first kappa shape index (κ1) is 14.2. The molecule has 96 valence electrons. The van der Waals surface area contributed by atoms with Gasteiger partial charge in [-0.2, -0.15) is 0 Å². The van der Waals surface area contributed by atoms with E-state index >= 15 is 0 Å². The lowest BCUT2D eigenvalue weighted by Crippen LogP contribution is -2.41. The van der Waals surface area contributed by atoms with Gasteiger partial charge in [0.05, 0.1) is 0 Å². The van der Waals surface area contributed by atoms with Crippen molar-refractivity contribution in [3.63, 3.8) is 0 Å². The van der Waals surface area contributed by atoms with Crippen molar-refractivity contribution in [1.82, 2.24) is 4.90 Å². The van der Waals surface area contributed by atoms with Crippen LogP contribution in [0.2, 0.25) is 0 Å². The minimum Gasteiger partial charge on any atom is -0.298 e. The van der Waals surface area contributed by atoms with Crippen molar-refractivity contribution >= 4 is 0 Å². The van der Waals surface area contributed by atoms with Crippen LogP contribution in [0.25, 0.3) is 0 Å². The van der Waals surface area contributed by atoms with E-state index < -0.39 is 0 Å². The van der Waals surface area contributed by atoms with Crippen LogP contribution in [0.15, 0.2) is 30.3 Å². The van der Waals surface area contributed by atoms with Gasteiger partial charge in [0, 0.05) is 18.6 Å². The molecule has 1 rings (SSSR count). The predicted octanol–water partition coefficient (Wildman–Crippen LogP) is 4.13. The van der Waals surface area contributed by atoms with Gasteiger partial charge in [-0.3, -0.25) is 4.90 Å². The summed E-state index contributed by atoms with van der Waals surface area (Å²) in [5.41, 5.74) is 1.45. The van der Waals surface area contributed by atoms with E-state index in [0.717, 1.165) is 6.42 Å². The average Bonchev–Trinajstić information content (AvgIpc) is 2.39.